The van der Waals surface area contributed by atoms with Crippen LogP contribution < -0.4 is 19.7 Å². The molecule has 0 saturated carbocycles. The Hall–Kier alpha value is -3.06. The Kier molecular flexibility index (Phi) is 5.99. The highest BCUT2D eigenvalue weighted by atomic mass is 16.6. The van der Waals surface area contributed by atoms with E-state index in [9.17, 15) is 9.59 Å². The lowest BCUT2D eigenvalue weighted by Crippen LogP contribution is -2.40. The van der Waals surface area contributed by atoms with Crippen molar-refractivity contribution in [3.8, 4) is 11.5 Å². The number of carbonyl (C=O) groups excluding carboxylic acids is 2. The molecule has 5 rings (SSSR count). The van der Waals surface area contributed by atoms with Crippen LogP contribution in [0.1, 0.15) is 30.9 Å². The Morgan fingerprint density at radius 2 is 1.78 bits per heavy atom. The van der Waals surface area contributed by atoms with Gasteiger partial charge in [0, 0.05) is 31.3 Å². The van der Waals surface area contributed by atoms with Crippen molar-refractivity contribution in [2.75, 3.05) is 44.3 Å². The summed E-state index contributed by atoms with van der Waals surface area (Å²) in [5.41, 5.74) is 1.96. The minimum Gasteiger partial charge on any atom is -0.486 e. The molecule has 2 atom stereocenters. The summed E-state index contributed by atoms with van der Waals surface area (Å²) >= 11 is 0. The summed E-state index contributed by atoms with van der Waals surface area (Å²) in [6.45, 7) is 4.06. The monoisotopic (exact) mass is 435 g/mol. The van der Waals surface area contributed by atoms with Gasteiger partial charge in [-0.15, -0.1) is 0 Å². The van der Waals surface area contributed by atoms with Crippen LogP contribution in [0.2, 0.25) is 0 Å². The van der Waals surface area contributed by atoms with Crippen LogP contribution in [0.25, 0.3) is 0 Å². The number of carbonyl (C=O) groups is 2. The average Bonchev–Trinajstić information content (AvgIpc) is 3.50. The third kappa shape index (κ3) is 4.30. The topological polar surface area (TPSA) is 71.1 Å². The molecule has 2 aromatic rings. The van der Waals surface area contributed by atoms with Crippen molar-refractivity contribution in [3.05, 3.63) is 54.1 Å². The molecule has 1 N–H and O–H groups in total. The second kappa shape index (κ2) is 9.20. The van der Waals surface area contributed by atoms with E-state index in [1.54, 1.807) is 4.90 Å². The molecule has 0 spiro atoms. The maximum Gasteiger partial charge on any atom is 0.227 e. The minimum atomic E-state index is -0.356. The summed E-state index contributed by atoms with van der Waals surface area (Å²) in [6.07, 6.45) is 2.61. The van der Waals surface area contributed by atoms with E-state index in [1.807, 2.05) is 36.4 Å². The first-order valence-electron chi connectivity index (χ1n) is 11.5. The van der Waals surface area contributed by atoms with Crippen molar-refractivity contribution in [2.24, 2.45) is 5.92 Å². The Morgan fingerprint density at radius 3 is 2.56 bits per heavy atom. The number of hydrogen-bond donors (Lipinski definition) is 1. The first kappa shape index (κ1) is 20.8. The molecule has 2 fully saturated rings. The highest BCUT2D eigenvalue weighted by Gasteiger charge is 2.36. The van der Waals surface area contributed by atoms with E-state index < -0.39 is 0 Å². The van der Waals surface area contributed by atoms with E-state index in [-0.39, 0.29) is 30.2 Å². The first-order valence-corrected chi connectivity index (χ1v) is 11.5. The molecule has 0 bridgehead atoms. The molecule has 32 heavy (non-hydrogen) atoms. The maximum atomic E-state index is 13.0. The second-order valence-electron chi connectivity index (χ2n) is 8.65. The summed E-state index contributed by atoms with van der Waals surface area (Å²) in [5, 5.41) is 3.14. The van der Waals surface area contributed by atoms with Gasteiger partial charge in [-0.1, -0.05) is 30.3 Å². The summed E-state index contributed by atoms with van der Waals surface area (Å²) < 4.78 is 11.2. The van der Waals surface area contributed by atoms with Crippen LogP contribution in [-0.2, 0) is 9.59 Å². The molecule has 2 saturated heterocycles. The van der Waals surface area contributed by atoms with Gasteiger partial charge < -0.3 is 19.7 Å². The van der Waals surface area contributed by atoms with Crippen molar-refractivity contribution < 1.29 is 19.1 Å². The molecule has 0 radical (unpaired) electrons. The lowest BCUT2D eigenvalue weighted by molar-refractivity contribution is -0.126. The minimum absolute atomic E-state index is 0.0408. The highest BCUT2D eigenvalue weighted by molar-refractivity contribution is 6.00. The number of ether oxygens (including phenoxy) is 2. The summed E-state index contributed by atoms with van der Waals surface area (Å²) in [6, 6.07) is 16.0. The number of anilines is 1. The fourth-order valence-electron chi connectivity index (χ4n) is 4.86. The standard InChI is InChI=1S/C25H29N3O4/c29-24-14-19(17-28(24)20-8-9-22-23(15-20)32-13-12-31-22)25(30)26-16-21(27-10-4-5-11-27)18-6-2-1-3-7-18/h1-3,6-9,15,19,21H,4-5,10-14,16-17H2,(H,26,30). The van der Waals surface area contributed by atoms with E-state index in [0.29, 0.717) is 37.8 Å². The van der Waals surface area contributed by atoms with Crippen LogP contribution in [-0.4, -0.2) is 56.1 Å². The molecule has 0 aliphatic carbocycles. The van der Waals surface area contributed by atoms with E-state index in [0.717, 1.165) is 18.8 Å². The number of likely N-dealkylation sites (tertiary alicyclic amines) is 1. The number of amides is 2. The molecule has 0 aromatic heterocycles. The molecule has 168 valence electrons. The van der Waals surface area contributed by atoms with Crippen LogP contribution >= 0.6 is 0 Å². The second-order valence-corrected chi connectivity index (χ2v) is 8.65. The molecule has 3 aliphatic rings. The SMILES string of the molecule is O=C(NCC(c1ccccc1)N1CCCC1)C1CC(=O)N(c2ccc3c(c2)OCCO3)C1. The highest BCUT2D eigenvalue weighted by Crippen LogP contribution is 2.36. The molecule has 3 aliphatic heterocycles. The molecule has 2 unspecified atom stereocenters. The molecule has 7 nitrogen and oxygen atoms in total. The smallest absolute Gasteiger partial charge is 0.227 e. The van der Waals surface area contributed by atoms with Gasteiger partial charge in [0.2, 0.25) is 11.8 Å². The molecular formula is C25H29N3O4. The van der Waals surface area contributed by atoms with Gasteiger partial charge in [0.25, 0.3) is 0 Å². The molecular weight excluding hydrogens is 406 g/mol. The third-order valence-corrected chi connectivity index (χ3v) is 6.57. The fourth-order valence-corrected chi connectivity index (χ4v) is 4.86. The van der Waals surface area contributed by atoms with Gasteiger partial charge in [0.1, 0.15) is 13.2 Å². The molecule has 2 amide bonds. The van der Waals surface area contributed by atoms with Crippen LogP contribution in [0.15, 0.2) is 48.5 Å². The van der Waals surface area contributed by atoms with Crippen LogP contribution in [0.4, 0.5) is 5.69 Å². The average molecular weight is 436 g/mol. The zero-order chi connectivity index (χ0) is 21.9. The Labute approximate surface area is 188 Å². The number of benzene rings is 2. The van der Waals surface area contributed by atoms with Crippen LogP contribution in [0, 0.1) is 5.92 Å². The largest absolute Gasteiger partial charge is 0.486 e. The van der Waals surface area contributed by atoms with E-state index >= 15 is 0 Å². The van der Waals surface area contributed by atoms with E-state index in [4.69, 9.17) is 9.47 Å². The van der Waals surface area contributed by atoms with Crippen LogP contribution in [0.5, 0.6) is 11.5 Å². The Bertz CT molecular complexity index is 974. The quantitative estimate of drug-likeness (QED) is 0.756. The molecule has 2 aromatic carbocycles. The van der Waals surface area contributed by atoms with Gasteiger partial charge >= 0.3 is 0 Å². The predicted octanol–water partition coefficient (Wildman–Crippen LogP) is 2.76. The first-order chi connectivity index (χ1) is 15.7. The van der Waals surface area contributed by atoms with Crippen molar-refractivity contribution in [1.29, 1.82) is 0 Å². The Morgan fingerprint density at radius 1 is 1.03 bits per heavy atom. The predicted molar refractivity (Wildman–Crippen MR) is 121 cm³/mol. The molecule has 3 heterocycles. The number of nitrogens with one attached hydrogen (secondary N) is 1. The van der Waals surface area contributed by atoms with Gasteiger partial charge in [0.15, 0.2) is 11.5 Å². The van der Waals surface area contributed by atoms with Crippen molar-refractivity contribution in [1.82, 2.24) is 10.2 Å². The summed E-state index contributed by atoms with van der Waals surface area (Å²) in [4.78, 5) is 29.8. The summed E-state index contributed by atoms with van der Waals surface area (Å²) in [7, 11) is 0. The summed E-state index contributed by atoms with van der Waals surface area (Å²) in [5.74, 6) is 0.880. The van der Waals surface area contributed by atoms with E-state index in [1.165, 1.54) is 18.4 Å². The zero-order valence-corrected chi connectivity index (χ0v) is 18.2. The zero-order valence-electron chi connectivity index (χ0n) is 18.2. The lowest BCUT2D eigenvalue weighted by atomic mass is 10.0. The fraction of sp³-hybridized carbons (Fsp3) is 0.440. The number of rotatable bonds is 6. The van der Waals surface area contributed by atoms with Crippen molar-refractivity contribution >= 4 is 17.5 Å². The van der Waals surface area contributed by atoms with Gasteiger partial charge in [-0.25, -0.2) is 0 Å². The maximum absolute atomic E-state index is 13.0. The van der Waals surface area contributed by atoms with Gasteiger partial charge in [-0.05, 0) is 43.6 Å². The van der Waals surface area contributed by atoms with Gasteiger partial charge in [0.05, 0.1) is 12.0 Å². The number of nitrogens with zero attached hydrogens (tertiary/aromatic N) is 2. The lowest BCUT2D eigenvalue weighted by Gasteiger charge is -2.28. The Balaban J connectivity index is 1.23. The van der Waals surface area contributed by atoms with Crippen molar-refractivity contribution in [2.45, 2.75) is 25.3 Å². The number of hydrogen-bond acceptors (Lipinski definition) is 5. The third-order valence-electron chi connectivity index (χ3n) is 6.57. The van der Waals surface area contributed by atoms with E-state index in [2.05, 4.69) is 22.3 Å². The molecule has 7 heteroatoms. The normalized spacial score (nSPS) is 21.6. The van der Waals surface area contributed by atoms with Crippen LogP contribution in [0.3, 0.4) is 0 Å². The number of fused-ring (bicyclic) bond motifs is 1. The van der Waals surface area contributed by atoms with Crippen molar-refractivity contribution in [3.63, 3.8) is 0 Å². The van der Waals surface area contributed by atoms with Gasteiger partial charge in [-0.3, -0.25) is 14.5 Å². The van der Waals surface area contributed by atoms with Gasteiger partial charge in [-0.2, -0.15) is 0 Å².